The lowest BCUT2D eigenvalue weighted by Gasteiger charge is -2.29. The number of benzene rings is 1. The highest BCUT2D eigenvalue weighted by atomic mass is 35.5. The van der Waals surface area contributed by atoms with Gasteiger partial charge >= 0.3 is 0 Å². The largest absolute Gasteiger partial charge is 0.496 e. The van der Waals surface area contributed by atoms with E-state index in [4.69, 9.17) is 10.5 Å². The summed E-state index contributed by atoms with van der Waals surface area (Å²) < 4.78 is 5.33. The molecule has 21 heavy (non-hydrogen) atoms. The van der Waals surface area contributed by atoms with Crippen molar-refractivity contribution in [2.45, 2.75) is 38.8 Å². The van der Waals surface area contributed by atoms with Crippen molar-refractivity contribution in [2.75, 3.05) is 20.2 Å². The smallest absolute Gasteiger partial charge is 0.121 e. The second-order valence-corrected chi connectivity index (χ2v) is 6.52. The van der Waals surface area contributed by atoms with E-state index in [9.17, 15) is 0 Å². The molecule has 0 radical (unpaired) electrons. The molecule has 0 amide bonds. The van der Waals surface area contributed by atoms with Gasteiger partial charge in [0.1, 0.15) is 5.75 Å². The van der Waals surface area contributed by atoms with E-state index in [1.807, 2.05) is 0 Å². The summed E-state index contributed by atoms with van der Waals surface area (Å²) in [7, 11) is 1.73. The van der Waals surface area contributed by atoms with Crippen LogP contribution in [0.5, 0.6) is 5.75 Å². The van der Waals surface area contributed by atoms with E-state index in [2.05, 4.69) is 30.0 Å². The van der Waals surface area contributed by atoms with Gasteiger partial charge in [0, 0.05) is 25.7 Å². The minimum absolute atomic E-state index is 0. The minimum atomic E-state index is 0. The summed E-state index contributed by atoms with van der Waals surface area (Å²) in [6, 6.07) is 6.95. The van der Waals surface area contributed by atoms with Crippen molar-refractivity contribution < 1.29 is 4.74 Å². The first-order valence-corrected chi connectivity index (χ1v) is 7.79. The van der Waals surface area contributed by atoms with Crippen molar-refractivity contribution in [1.82, 2.24) is 4.90 Å². The van der Waals surface area contributed by atoms with Gasteiger partial charge in [0.2, 0.25) is 0 Å². The van der Waals surface area contributed by atoms with Gasteiger partial charge in [-0.25, -0.2) is 0 Å². The molecule has 0 spiro atoms. The van der Waals surface area contributed by atoms with Crippen molar-refractivity contribution >= 4 is 12.4 Å². The molecule has 118 valence electrons. The van der Waals surface area contributed by atoms with Crippen LogP contribution in [-0.2, 0) is 6.54 Å². The SMILES string of the molecule is COc1ccc(CN2CC3CCCC(N)C3C2)cc1C.Cl. The van der Waals surface area contributed by atoms with Gasteiger partial charge in [-0.05, 0) is 48.8 Å². The zero-order valence-electron chi connectivity index (χ0n) is 13.0. The lowest BCUT2D eigenvalue weighted by molar-refractivity contribution is 0.259. The molecule has 3 atom stereocenters. The number of nitrogens with zero attached hydrogens (tertiary/aromatic N) is 1. The molecule has 2 N–H and O–H groups in total. The third-order valence-electron chi connectivity index (χ3n) is 5.09. The molecular weight excluding hydrogens is 284 g/mol. The molecule has 1 saturated carbocycles. The molecule has 3 rings (SSSR count). The lowest BCUT2D eigenvalue weighted by atomic mass is 9.78. The number of nitrogens with two attached hydrogens (primary N) is 1. The Balaban J connectivity index is 0.00000161. The van der Waals surface area contributed by atoms with Crippen LogP contribution in [0.25, 0.3) is 0 Å². The molecule has 0 bridgehead atoms. The molecular formula is C17H27ClN2O. The van der Waals surface area contributed by atoms with E-state index in [0.717, 1.165) is 24.1 Å². The number of hydrogen-bond donors (Lipinski definition) is 1. The Morgan fingerprint density at radius 2 is 2.10 bits per heavy atom. The topological polar surface area (TPSA) is 38.5 Å². The summed E-state index contributed by atoms with van der Waals surface area (Å²) in [4.78, 5) is 2.59. The van der Waals surface area contributed by atoms with E-state index in [1.54, 1.807) is 7.11 Å². The van der Waals surface area contributed by atoms with E-state index in [-0.39, 0.29) is 12.4 Å². The van der Waals surface area contributed by atoms with Crippen molar-refractivity contribution in [3.63, 3.8) is 0 Å². The van der Waals surface area contributed by atoms with Crippen molar-refractivity contribution in [3.05, 3.63) is 29.3 Å². The van der Waals surface area contributed by atoms with Gasteiger partial charge in [0.05, 0.1) is 7.11 Å². The zero-order valence-corrected chi connectivity index (χ0v) is 13.9. The number of aryl methyl sites for hydroxylation is 1. The molecule has 1 aromatic carbocycles. The highest BCUT2D eigenvalue weighted by Gasteiger charge is 2.38. The quantitative estimate of drug-likeness (QED) is 0.933. The van der Waals surface area contributed by atoms with Crippen LogP contribution >= 0.6 is 12.4 Å². The molecule has 1 aromatic rings. The summed E-state index contributed by atoms with van der Waals surface area (Å²) in [6.45, 7) is 5.56. The highest BCUT2D eigenvalue weighted by Crippen LogP contribution is 2.36. The Kier molecular flexibility index (Phi) is 5.53. The van der Waals surface area contributed by atoms with Crippen molar-refractivity contribution in [1.29, 1.82) is 0 Å². The number of halogens is 1. The van der Waals surface area contributed by atoms with Gasteiger partial charge in [0.15, 0.2) is 0 Å². The van der Waals surface area contributed by atoms with Gasteiger partial charge in [-0.2, -0.15) is 0 Å². The molecule has 1 aliphatic heterocycles. The monoisotopic (exact) mass is 310 g/mol. The Morgan fingerprint density at radius 3 is 2.76 bits per heavy atom. The van der Waals surface area contributed by atoms with Gasteiger partial charge in [-0.3, -0.25) is 4.90 Å². The van der Waals surface area contributed by atoms with Crippen LogP contribution in [-0.4, -0.2) is 31.1 Å². The number of likely N-dealkylation sites (tertiary alicyclic amines) is 1. The first-order chi connectivity index (χ1) is 9.67. The maximum absolute atomic E-state index is 6.29. The predicted octanol–water partition coefficient (Wildman–Crippen LogP) is 2.98. The van der Waals surface area contributed by atoms with Crippen LogP contribution in [0, 0.1) is 18.8 Å². The molecule has 2 fully saturated rings. The number of fused-ring (bicyclic) bond motifs is 1. The van der Waals surface area contributed by atoms with Gasteiger partial charge in [-0.1, -0.05) is 18.6 Å². The number of rotatable bonds is 3. The first kappa shape index (κ1) is 16.6. The minimum Gasteiger partial charge on any atom is -0.496 e. The Hall–Kier alpha value is -0.770. The molecule has 2 aliphatic rings. The van der Waals surface area contributed by atoms with Crippen LogP contribution in [0.15, 0.2) is 18.2 Å². The van der Waals surface area contributed by atoms with Gasteiger partial charge in [-0.15, -0.1) is 12.4 Å². The van der Waals surface area contributed by atoms with Gasteiger partial charge in [0.25, 0.3) is 0 Å². The maximum Gasteiger partial charge on any atom is 0.121 e. The fraction of sp³-hybridized carbons (Fsp3) is 0.647. The summed E-state index contributed by atoms with van der Waals surface area (Å²) in [5, 5.41) is 0. The fourth-order valence-corrected chi connectivity index (χ4v) is 4.04. The highest BCUT2D eigenvalue weighted by molar-refractivity contribution is 5.85. The van der Waals surface area contributed by atoms with Crippen molar-refractivity contribution in [2.24, 2.45) is 17.6 Å². The van der Waals surface area contributed by atoms with Crippen LogP contribution < -0.4 is 10.5 Å². The molecule has 1 saturated heterocycles. The predicted molar refractivity (Wildman–Crippen MR) is 89.1 cm³/mol. The average Bonchev–Trinajstić information content (AvgIpc) is 2.83. The van der Waals surface area contributed by atoms with E-state index >= 15 is 0 Å². The van der Waals surface area contributed by atoms with E-state index in [1.165, 1.54) is 43.5 Å². The average molecular weight is 311 g/mol. The third kappa shape index (κ3) is 3.53. The second-order valence-electron chi connectivity index (χ2n) is 6.52. The van der Waals surface area contributed by atoms with Crippen LogP contribution in [0.2, 0.25) is 0 Å². The lowest BCUT2D eigenvalue weighted by Crippen LogP contribution is -2.38. The number of ether oxygens (including phenoxy) is 1. The Morgan fingerprint density at radius 1 is 1.29 bits per heavy atom. The molecule has 3 nitrogen and oxygen atoms in total. The molecule has 1 heterocycles. The van der Waals surface area contributed by atoms with Crippen LogP contribution in [0.3, 0.4) is 0 Å². The van der Waals surface area contributed by atoms with E-state index in [0.29, 0.717) is 6.04 Å². The van der Waals surface area contributed by atoms with Crippen LogP contribution in [0.4, 0.5) is 0 Å². The number of methoxy groups -OCH3 is 1. The molecule has 0 aromatic heterocycles. The summed E-state index contributed by atoms with van der Waals surface area (Å²) in [6.07, 6.45) is 3.91. The third-order valence-corrected chi connectivity index (χ3v) is 5.09. The summed E-state index contributed by atoms with van der Waals surface area (Å²) in [5.41, 5.74) is 8.90. The number of hydrogen-bond acceptors (Lipinski definition) is 3. The normalized spacial score (nSPS) is 28.8. The Bertz CT molecular complexity index is 480. The van der Waals surface area contributed by atoms with Crippen LogP contribution in [0.1, 0.15) is 30.4 Å². The van der Waals surface area contributed by atoms with Gasteiger partial charge < -0.3 is 10.5 Å². The molecule has 4 heteroatoms. The fourth-order valence-electron chi connectivity index (χ4n) is 4.04. The van der Waals surface area contributed by atoms with E-state index < -0.39 is 0 Å². The summed E-state index contributed by atoms with van der Waals surface area (Å²) >= 11 is 0. The molecule has 3 unspecified atom stereocenters. The maximum atomic E-state index is 6.29. The summed E-state index contributed by atoms with van der Waals surface area (Å²) in [5.74, 6) is 2.53. The Labute approximate surface area is 134 Å². The van der Waals surface area contributed by atoms with Crippen molar-refractivity contribution in [3.8, 4) is 5.75 Å². The first-order valence-electron chi connectivity index (χ1n) is 7.79. The zero-order chi connectivity index (χ0) is 14.1. The molecule has 1 aliphatic carbocycles. The second kappa shape index (κ2) is 6.99. The standard InChI is InChI=1S/C17H26N2O.ClH/c1-12-8-13(6-7-17(12)20-2)9-19-10-14-4-3-5-16(18)15(14)11-19;/h6-8,14-16H,3-5,9-11,18H2,1-2H3;1H.